The molecule has 2 amide bonds. The van der Waals surface area contributed by atoms with Crippen molar-refractivity contribution in [3.63, 3.8) is 0 Å². The third kappa shape index (κ3) is 2.29. The summed E-state index contributed by atoms with van der Waals surface area (Å²) in [6.45, 7) is 1.29. The van der Waals surface area contributed by atoms with Gasteiger partial charge in [0.25, 0.3) is 17.5 Å². The van der Waals surface area contributed by atoms with Gasteiger partial charge in [0.2, 0.25) is 5.72 Å². The SMILES string of the molecule is CCCC(O)(C(N)=O)N1Cc2c(cc(F)cc2[N+](=O)[O-])C1=O. The van der Waals surface area contributed by atoms with E-state index in [1.165, 1.54) is 0 Å². The minimum absolute atomic E-state index is 0.0489. The van der Waals surface area contributed by atoms with Gasteiger partial charge in [-0.1, -0.05) is 13.3 Å². The second kappa shape index (κ2) is 5.34. The first-order valence-electron chi connectivity index (χ1n) is 6.53. The highest BCUT2D eigenvalue weighted by Crippen LogP contribution is 2.36. The summed E-state index contributed by atoms with van der Waals surface area (Å²) in [5, 5.41) is 21.4. The van der Waals surface area contributed by atoms with Crippen LogP contribution in [0.3, 0.4) is 0 Å². The average Bonchev–Trinajstić information content (AvgIpc) is 2.76. The molecule has 0 bridgehead atoms. The number of nitrogens with zero attached hydrogens (tertiary/aromatic N) is 2. The van der Waals surface area contributed by atoms with E-state index in [-0.39, 0.29) is 24.1 Å². The topological polar surface area (TPSA) is 127 Å². The van der Waals surface area contributed by atoms with Crippen molar-refractivity contribution in [2.75, 3.05) is 0 Å². The predicted molar refractivity (Wildman–Crippen MR) is 72.0 cm³/mol. The molecule has 0 aliphatic carbocycles. The lowest BCUT2D eigenvalue weighted by molar-refractivity contribution is -0.385. The van der Waals surface area contributed by atoms with Crippen molar-refractivity contribution in [3.05, 3.63) is 39.2 Å². The molecule has 118 valence electrons. The van der Waals surface area contributed by atoms with Gasteiger partial charge in [-0.2, -0.15) is 0 Å². The van der Waals surface area contributed by atoms with Gasteiger partial charge in [-0.3, -0.25) is 24.6 Å². The standard InChI is InChI=1S/C13H14FN3O5/c1-2-3-13(20,12(15)19)16-6-9-8(11(16)18)4-7(14)5-10(9)17(21)22/h4-5,20H,2-3,6H2,1H3,(H2,15,19). The zero-order valence-corrected chi connectivity index (χ0v) is 11.7. The van der Waals surface area contributed by atoms with E-state index in [4.69, 9.17) is 5.73 Å². The smallest absolute Gasteiger partial charge is 0.278 e. The number of benzene rings is 1. The lowest BCUT2D eigenvalue weighted by Gasteiger charge is -2.33. The van der Waals surface area contributed by atoms with E-state index in [0.717, 1.165) is 11.0 Å². The summed E-state index contributed by atoms with van der Waals surface area (Å²) in [7, 11) is 0. The number of nitrogens with two attached hydrogens (primary N) is 1. The fraction of sp³-hybridized carbons (Fsp3) is 0.385. The van der Waals surface area contributed by atoms with E-state index < -0.39 is 34.0 Å². The van der Waals surface area contributed by atoms with E-state index in [9.17, 15) is 29.2 Å². The van der Waals surface area contributed by atoms with Crippen LogP contribution >= 0.6 is 0 Å². The second-order valence-electron chi connectivity index (χ2n) is 5.03. The van der Waals surface area contributed by atoms with Crippen molar-refractivity contribution in [2.45, 2.75) is 32.0 Å². The number of hydrogen-bond acceptors (Lipinski definition) is 5. The van der Waals surface area contributed by atoms with Gasteiger partial charge in [0.05, 0.1) is 28.7 Å². The molecule has 1 aromatic carbocycles. The third-order valence-corrected chi connectivity index (χ3v) is 3.62. The maximum atomic E-state index is 13.5. The number of carbonyl (C=O) groups excluding carboxylic acids is 2. The summed E-state index contributed by atoms with van der Waals surface area (Å²) < 4.78 is 13.5. The molecule has 3 N–H and O–H groups in total. The molecule has 0 aromatic heterocycles. The molecular weight excluding hydrogens is 297 g/mol. The van der Waals surface area contributed by atoms with Crippen LogP contribution < -0.4 is 5.73 Å². The Labute approximate surface area is 124 Å². The Hall–Kier alpha value is -2.55. The minimum Gasteiger partial charge on any atom is -0.365 e. The van der Waals surface area contributed by atoms with E-state index in [0.29, 0.717) is 12.5 Å². The molecule has 1 aliphatic heterocycles. The summed E-state index contributed by atoms with van der Waals surface area (Å²) in [6.07, 6.45) is 0.217. The predicted octanol–water partition coefficient (Wildman–Crippen LogP) is 0.664. The number of amides is 2. The molecule has 0 fully saturated rings. The normalized spacial score (nSPS) is 16.3. The Balaban J connectivity index is 2.54. The zero-order chi connectivity index (χ0) is 16.7. The quantitative estimate of drug-likeness (QED) is 0.610. The van der Waals surface area contributed by atoms with Gasteiger partial charge in [-0.15, -0.1) is 0 Å². The van der Waals surface area contributed by atoms with Crippen LogP contribution in [0.15, 0.2) is 12.1 Å². The molecule has 0 spiro atoms. The fourth-order valence-corrected chi connectivity index (χ4v) is 2.56. The van der Waals surface area contributed by atoms with Crippen molar-refractivity contribution in [1.29, 1.82) is 0 Å². The maximum Gasteiger partial charge on any atom is 0.278 e. The average molecular weight is 311 g/mol. The van der Waals surface area contributed by atoms with Gasteiger partial charge in [0.15, 0.2) is 0 Å². The molecule has 0 saturated carbocycles. The Morgan fingerprint density at radius 2 is 2.23 bits per heavy atom. The summed E-state index contributed by atoms with van der Waals surface area (Å²) in [5.74, 6) is -2.95. The molecule has 22 heavy (non-hydrogen) atoms. The number of nitro benzene ring substituents is 1. The van der Waals surface area contributed by atoms with E-state index in [2.05, 4.69) is 0 Å². The first-order chi connectivity index (χ1) is 10.2. The summed E-state index contributed by atoms with van der Waals surface area (Å²) in [5.41, 5.74) is 2.03. The van der Waals surface area contributed by atoms with Gasteiger partial charge in [0.1, 0.15) is 5.82 Å². The molecule has 2 rings (SSSR count). The number of rotatable bonds is 5. The van der Waals surface area contributed by atoms with Gasteiger partial charge in [-0.05, 0) is 6.07 Å². The van der Waals surface area contributed by atoms with Crippen molar-refractivity contribution >= 4 is 17.5 Å². The Kier molecular flexibility index (Phi) is 3.84. The molecule has 1 heterocycles. The minimum atomic E-state index is -2.27. The molecule has 9 heteroatoms. The zero-order valence-electron chi connectivity index (χ0n) is 11.7. The number of aliphatic hydroxyl groups is 1. The number of fused-ring (bicyclic) bond motifs is 1. The van der Waals surface area contributed by atoms with Crippen LogP contribution in [0, 0.1) is 15.9 Å². The van der Waals surface area contributed by atoms with E-state index in [1.807, 2.05) is 0 Å². The number of hydrogen-bond donors (Lipinski definition) is 2. The van der Waals surface area contributed by atoms with Crippen LogP contribution in [0.2, 0.25) is 0 Å². The molecule has 0 radical (unpaired) electrons. The van der Waals surface area contributed by atoms with E-state index in [1.54, 1.807) is 6.92 Å². The van der Waals surface area contributed by atoms with Gasteiger partial charge in [0, 0.05) is 6.42 Å². The largest absolute Gasteiger partial charge is 0.365 e. The summed E-state index contributed by atoms with van der Waals surface area (Å²) >= 11 is 0. The molecule has 1 unspecified atom stereocenters. The first-order valence-corrected chi connectivity index (χ1v) is 6.53. The maximum absolute atomic E-state index is 13.5. The van der Waals surface area contributed by atoms with Crippen LogP contribution in [-0.2, 0) is 11.3 Å². The van der Waals surface area contributed by atoms with Gasteiger partial charge in [-0.25, -0.2) is 4.39 Å². The fourth-order valence-electron chi connectivity index (χ4n) is 2.56. The van der Waals surface area contributed by atoms with Crippen molar-refractivity contribution in [2.24, 2.45) is 5.73 Å². The van der Waals surface area contributed by atoms with Crippen LogP contribution in [0.25, 0.3) is 0 Å². The third-order valence-electron chi connectivity index (χ3n) is 3.62. The number of halogens is 1. The number of nitro groups is 1. The lowest BCUT2D eigenvalue weighted by atomic mass is 10.1. The molecule has 0 saturated heterocycles. The summed E-state index contributed by atoms with van der Waals surface area (Å²) in [6, 6.07) is 1.54. The van der Waals surface area contributed by atoms with Crippen molar-refractivity contribution in [3.8, 4) is 0 Å². The van der Waals surface area contributed by atoms with Crippen molar-refractivity contribution < 1.29 is 24.0 Å². The molecule has 1 aromatic rings. The van der Waals surface area contributed by atoms with Gasteiger partial charge >= 0.3 is 0 Å². The highest BCUT2D eigenvalue weighted by Gasteiger charge is 2.48. The monoisotopic (exact) mass is 311 g/mol. The lowest BCUT2D eigenvalue weighted by Crippen LogP contribution is -2.57. The Morgan fingerprint density at radius 1 is 1.59 bits per heavy atom. The molecule has 1 atom stereocenters. The Morgan fingerprint density at radius 3 is 2.73 bits per heavy atom. The van der Waals surface area contributed by atoms with Crippen molar-refractivity contribution in [1.82, 2.24) is 4.90 Å². The summed E-state index contributed by atoms with van der Waals surface area (Å²) in [4.78, 5) is 34.8. The molecule has 8 nitrogen and oxygen atoms in total. The molecular formula is C13H14FN3O5. The number of carbonyl (C=O) groups is 2. The highest BCUT2D eigenvalue weighted by molar-refractivity contribution is 6.02. The van der Waals surface area contributed by atoms with Crippen LogP contribution in [0.4, 0.5) is 10.1 Å². The van der Waals surface area contributed by atoms with E-state index >= 15 is 0 Å². The second-order valence-corrected chi connectivity index (χ2v) is 5.03. The Bertz CT molecular complexity index is 678. The van der Waals surface area contributed by atoms with Crippen LogP contribution in [-0.4, -0.2) is 32.5 Å². The number of primary amides is 1. The van der Waals surface area contributed by atoms with Crippen LogP contribution in [0.5, 0.6) is 0 Å². The van der Waals surface area contributed by atoms with Gasteiger partial charge < -0.3 is 10.8 Å². The van der Waals surface area contributed by atoms with Crippen LogP contribution in [0.1, 0.15) is 35.7 Å². The molecule has 1 aliphatic rings. The highest BCUT2D eigenvalue weighted by atomic mass is 19.1. The first kappa shape index (κ1) is 15.8.